The Morgan fingerprint density at radius 1 is 1.47 bits per heavy atom. The van der Waals surface area contributed by atoms with E-state index in [9.17, 15) is 10.0 Å². The Morgan fingerprint density at radius 3 is 2.67 bits per heavy atom. The Balaban J connectivity index is 2.91. The van der Waals surface area contributed by atoms with Crippen molar-refractivity contribution in [3.8, 4) is 0 Å². The van der Waals surface area contributed by atoms with Crippen molar-refractivity contribution in [3.63, 3.8) is 0 Å². The zero-order valence-corrected chi connectivity index (χ0v) is 9.15. The molecule has 0 saturated carbocycles. The fourth-order valence-corrected chi connectivity index (χ4v) is 1.33. The molecule has 0 heterocycles. The number of ether oxygens (including phenoxy) is 1. The maximum Gasteiger partial charge on any atom is 0.438 e. The summed E-state index contributed by atoms with van der Waals surface area (Å²) >= 11 is 0. The Kier molecular flexibility index (Phi) is 3.68. The molecule has 0 atom stereocenters. The molecule has 4 heteroatoms. The van der Waals surface area contributed by atoms with Gasteiger partial charge < -0.3 is 4.74 Å². The molecule has 0 spiro atoms. The van der Waals surface area contributed by atoms with Crippen LogP contribution in [0.5, 0.6) is 0 Å². The average Bonchev–Trinajstić information content (AvgIpc) is 2.17. The molecular weight excluding hydrogens is 194 g/mol. The molecule has 1 aromatic rings. The Bertz CT molecular complexity index is 363. The second-order valence-corrected chi connectivity index (χ2v) is 3.30. The first kappa shape index (κ1) is 11.5. The molecule has 0 unspecified atom stereocenters. The number of benzene rings is 1. The first-order valence-electron chi connectivity index (χ1n) is 4.79. The van der Waals surface area contributed by atoms with Crippen molar-refractivity contribution in [1.29, 1.82) is 0 Å². The monoisotopic (exact) mass is 209 g/mol. The fourth-order valence-electron chi connectivity index (χ4n) is 1.33. The highest BCUT2D eigenvalue weighted by Crippen LogP contribution is 2.20. The Labute approximate surface area is 89.0 Å². The van der Waals surface area contributed by atoms with Crippen molar-refractivity contribution in [3.05, 3.63) is 29.3 Å². The van der Waals surface area contributed by atoms with Crippen LogP contribution in [0.2, 0.25) is 0 Å². The molecule has 0 bridgehead atoms. The van der Waals surface area contributed by atoms with Crippen LogP contribution in [0.1, 0.15) is 18.1 Å². The Morgan fingerprint density at radius 2 is 2.13 bits per heavy atom. The van der Waals surface area contributed by atoms with E-state index in [-0.39, 0.29) is 6.61 Å². The van der Waals surface area contributed by atoms with Gasteiger partial charge in [0.05, 0.1) is 12.3 Å². The summed E-state index contributed by atoms with van der Waals surface area (Å²) in [5.74, 6) is 0. The van der Waals surface area contributed by atoms with Crippen molar-refractivity contribution >= 4 is 11.8 Å². The van der Waals surface area contributed by atoms with Crippen molar-refractivity contribution in [1.82, 2.24) is 0 Å². The number of carbonyl (C=O) groups excluding carboxylic acids is 1. The summed E-state index contributed by atoms with van der Waals surface area (Å²) in [5, 5.41) is 10.1. The van der Waals surface area contributed by atoms with Gasteiger partial charge in [0.2, 0.25) is 0 Å². The third-order valence-electron chi connectivity index (χ3n) is 2.02. The lowest BCUT2D eigenvalue weighted by molar-refractivity contribution is 0.125. The largest absolute Gasteiger partial charge is 0.448 e. The molecule has 82 valence electrons. The predicted octanol–water partition coefficient (Wildman–Crippen LogP) is 2.66. The summed E-state index contributed by atoms with van der Waals surface area (Å²) in [5.41, 5.74) is 2.35. The van der Waals surface area contributed by atoms with Gasteiger partial charge in [-0.25, -0.2) is 4.79 Å². The minimum absolute atomic E-state index is 0.237. The van der Waals surface area contributed by atoms with E-state index in [0.29, 0.717) is 10.8 Å². The molecule has 0 aliphatic rings. The number of hydrogen-bond donors (Lipinski definition) is 1. The van der Waals surface area contributed by atoms with E-state index in [1.165, 1.54) is 0 Å². The number of nitrogens with zero attached hydrogens (tertiary/aromatic N) is 1. The van der Waals surface area contributed by atoms with E-state index in [1.54, 1.807) is 13.0 Å². The van der Waals surface area contributed by atoms with Crippen LogP contribution < -0.4 is 5.06 Å². The first-order valence-corrected chi connectivity index (χ1v) is 4.79. The molecule has 0 saturated heterocycles. The number of carbonyl (C=O) groups is 1. The van der Waals surface area contributed by atoms with E-state index in [0.717, 1.165) is 11.1 Å². The van der Waals surface area contributed by atoms with Crippen LogP contribution in [-0.4, -0.2) is 17.9 Å². The van der Waals surface area contributed by atoms with Gasteiger partial charge in [-0.1, -0.05) is 17.7 Å². The zero-order chi connectivity index (χ0) is 11.4. The standard InChI is InChI=1S/C11H15NO3/c1-4-15-11(13)12(14)10-6-5-8(2)7-9(10)3/h5-7,14H,4H2,1-3H3. The van der Waals surface area contributed by atoms with E-state index < -0.39 is 6.09 Å². The summed E-state index contributed by atoms with van der Waals surface area (Å²) in [7, 11) is 0. The molecule has 0 fully saturated rings. The van der Waals surface area contributed by atoms with Gasteiger partial charge >= 0.3 is 6.09 Å². The predicted molar refractivity (Wildman–Crippen MR) is 57.2 cm³/mol. The molecule has 0 aromatic heterocycles. The molecule has 1 aromatic carbocycles. The normalized spacial score (nSPS) is 9.87. The molecule has 0 aliphatic heterocycles. The van der Waals surface area contributed by atoms with Crippen LogP contribution in [0.15, 0.2) is 18.2 Å². The third-order valence-corrected chi connectivity index (χ3v) is 2.02. The van der Waals surface area contributed by atoms with E-state index in [4.69, 9.17) is 0 Å². The fraction of sp³-hybridized carbons (Fsp3) is 0.364. The first-order chi connectivity index (χ1) is 7.06. The summed E-state index contributed by atoms with van der Waals surface area (Å²) in [6.07, 6.45) is -0.760. The van der Waals surface area contributed by atoms with Crippen LogP contribution in [0.25, 0.3) is 0 Å². The summed E-state index contributed by atoms with van der Waals surface area (Å²) in [4.78, 5) is 11.2. The molecule has 0 aliphatic carbocycles. The SMILES string of the molecule is CCOC(=O)N(O)c1ccc(C)cc1C. The van der Waals surface area contributed by atoms with E-state index in [2.05, 4.69) is 4.74 Å². The van der Waals surface area contributed by atoms with Crippen LogP contribution in [-0.2, 0) is 4.74 Å². The molecule has 1 amide bonds. The lowest BCUT2D eigenvalue weighted by atomic mass is 10.1. The molecule has 4 nitrogen and oxygen atoms in total. The van der Waals surface area contributed by atoms with Gasteiger partial charge in [0.15, 0.2) is 0 Å². The number of anilines is 1. The van der Waals surface area contributed by atoms with E-state index in [1.807, 2.05) is 26.0 Å². The molecule has 0 radical (unpaired) electrons. The highest BCUT2D eigenvalue weighted by molar-refractivity contribution is 5.85. The maximum absolute atomic E-state index is 11.2. The number of amides is 1. The van der Waals surface area contributed by atoms with Gasteiger partial charge in [0, 0.05) is 0 Å². The highest BCUT2D eigenvalue weighted by atomic mass is 16.6. The number of aryl methyl sites for hydroxylation is 2. The lowest BCUT2D eigenvalue weighted by Crippen LogP contribution is -2.28. The van der Waals surface area contributed by atoms with Crippen molar-refractivity contribution in [2.24, 2.45) is 0 Å². The van der Waals surface area contributed by atoms with Crippen LogP contribution in [0.3, 0.4) is 0 Å². The molecule has 1 N–H and O–H groups in total. The quantitative estimate of drug-likeness (QED) is 0.601. The summed E-state index contributed by atoms with van der Waals surface area (Å²) < 4.78 is 4.68. The minimum atomic E-state index is -0.760. The van der Waals surface area contributed by atoms with Crippen molar-refractivity contribution in [2.75, 3.05) is 11.7 Å². The van der Waals surface area contributed by atoms with Gasteiger partial charge in [0.25, 0.3) is 0 Å². The zero-order valence-electron chi connectivity index (χ0n) is 9.15. The van der Waals surface area contributed by atoms with Gasteiger partial charge in [-0.2, -0.15) is 5.06 Å². The van der Waals surface area contributed by atoms with Crippen molar-refractivity contribution < 1.29 is 14.7 Å². The summed E-state index contributed by atoms with van der Waals surface area (Å²) in [6, 6.07) is 5.39. The van der Waals surface area contributed by atoms with Crippen LogP contribution >= 0.6 is 0 Å². The smallest absolute Gasteiger partial charge is 0.438 e. The minimum Gasteiger partial charge on any atom is -0.448 e. The summed E-state index contributed by atoms with van der Waals surface area (Å²) in [6.45, 7) is 5.70. The molecular formula is C11H15NO3. The van der Waals surface area contributed by atoms with E-state index >= 15 is 0 Å². The second kappa shape index (κ2) is 4.79. The Hall–Kier alpha value is -1.55. The second-order valence-electron chi connectivity index (χ2n) is 3.30. The number of hydrogen-bond acceptors (Lipinski definition) is 3. The average molecular weight is 209 g/mol. The highest BCUT2D eigenvalue weighted by Gasteiger charge is 2.15. The van der Waals surface area contributed by atoms with Gasteiger partial charge in [0.1, 0.15) is 0 Å². The van der Waals surface area contributed by atoms with Crippen LogP contribution in [0.4, 0.5) is 10.5 Å². The van der Waals surface area contributed by atoms with Gasteiger partial charge in [-0.3, -0.25) is 5.21 Å². The van der Waals surface area contributed by atoms with Gasteiger partial charge in [-0.05, 0) is 32.4 Å². The number of rotatable bonds is 2. The topological polar surface area (TPSA) is 49.8 Å². The van der Waals surface area contributed by atoms with Crippen molar-refractivity contribution in [2.45, 2.75) is 20.8 Å². The van der Waals surface area contributed by atoms with Crippen LogP contribution in [0, 0.1) is 13.8 Å². The molecule has 1 rings (SSSR count). The maximum atomic E-state index is 11.2. The number of hydroxylamine groups is 1. The lowest BCUT2D eigenvalue weighted by Gasteiger charge is -2.16. The third kappa shape index (κ3) is 2.70. The molecule has 15 heavy (non-hydrogen) atoms. The van der Waals surface area contributed by atoms with Gasteiger partial charge in [-0.15, -0.1) is 0 Å².